The molecule has 2 aromatic rings. The third-order valence-corrected chi connectivity index (χ3v) is 4.19. The fourth-order valence-corrected chi connectivity index (χ4v) is 2.79. The van der Waals surface area contributed by atoms with Gasteiger partial charge in [-0.25, -0.2) is 4.98 Å². The zero-order valence-electron chi connectivity index (χ0n) is 13.7. The standard InChI is InChI=1S/C17H22N4O.2ClH/c1-2-15(18)17(22)20-13-8-6-12(7-9-13)16-19-11-14-5-3-4-10-21(14)16;;/h6-9,11,15H,2-5,10,18H2,1H3,(H,20,22);2*1H/t15-;;/m0../s1. The molecule has 0 bridgehead atoms. The molecule has 3 N–H and O–H groups in total. The summed E-state index contributed by atoms with van der Waals surface area (Å²) in [5, 5.41) is 2.84. The molecule has 0 aliphatic carbocycles. The van der Waals surface area contributed by atoms with E-state index in [4.69, 9.17) is 5.73 Å². The normalized spacial score (nSPS) is 13.9. The number of amides is 1. The maximum absolute atomic E-state index is 11.8. The number of anilines is 1. The number of carbonyl (C=O) groups is 1. The Labute approximate surface area is 154 Å². The van der Waals surface area contributed by atoms with Crippen LogP contribution in [-0.4, -0.2) is 21.5 Å². The van der Waals surface area contributed by atoms with E-state index < -0.39 is 6.04 Å². The average molecular weight is 371 g/mol. The molecule has 0 fully saturated rings. The molecule has 1 atom stereocenters. The fraction of sp³-hybridized carbons (Fsp3) is 0.412. The third-order valence-electron chi connectivity index (χ3n) is 4.19. The van der Waals surface area contributed by atoms with Gasteiger partial charge in [0.2, 0.25) is 5.91 Å². The first-order valence-electron chi connectivity index (χ1n) is 7.90. The van der Waals surface area contributed by atoms with Crippen molar-refractivity contribution in [2.45, 2.75) is 45.2 Å². The lowest BCUT2D eigenvalue weighted by Crippen LogP contribution is -2.34. The van der Waals surface area contributed by atoms with E-state index in [0.29, 0.717) is 6.42 Å². The summed E-state index contributed by atoms with van der Waals surface area (Å²) in [4.78, 5) is 16.4. The summed E-state index contributed by atoms with van der Waals surface area (Å²) in [6.45, 7) is 2.93. The molecule has 1 amide bonds. The van der Waals surface area contributed by atoms with Crippen LogP contribution in [0.5, 0.6) is 0 Å². The van der Waals surface area contributed by atoms with Crippen molar-refractivity contribution in [3.8, 4) is 11.4 Å². The predicted octanol–water partition coefficient (Wildman–Crippen LogP) is 3.41. The van der Waals surface area contributed by atoms with Gasteiger partial charge < -0.3 is 15.6 Å². The van der Waals surface area contributed by atoms with Gasteiger partial charge in [-0.3, -0.25) is 4.79 Å². The van der Waals surface area contributed by atoms with E-state index in [2.05, 4.69) is 14.9 Å². The molecular formula is C17H24Cl2N4O. The molecule has 132 valence electrons. The average Bonchev–Trinajstić information content (AvgIpc) is 2.99. The molecular weight excluding hydrogens is 347 g/mol. The van der Waals surface area contributed by atoms with E-state index in [-0.39, 0.29) is 30.7 Å². The zero-order valence-corrected chi connectivity index (χ0v) is 15.3. The van der Waals surface area contributed by atoms with E-state index in [1.165, 1.54) is 18.5 Å². The highest BCUT2D eigenvalue weighted by Gasteiger charge is 2.15. The number of benzene rings is 1. The van der Waals surface area contributed by atoms with Crippen LogP contribution >= 0.6 is 24.8 Å². The van der Waals surface area contributed by atoms with Crippen molar-refractivity contribution < 1.29 is 4.79 Å². The van der Waals surface area contributed by atoms with Crippen LogP contribution in [0.25, 0.3) is 11.4 Å². The molecule has 1 aromatic heterocycles. The quantitative estimate of drug-likeness (QED) is 0.865. The maximum atomic E-state index is 11.8. The second-order valence-corrected chi connectivity index (χ2v) is 5.76. The van der Waals surface area contributed by atoms with Crippen molar-refractivity contribution in [2.24, 2.45) is 5.73 Å². The fourth-order valence-electron chi connectivity index (χ4n) is 2.79. The Morgan fingerprint density at radius 3 is 2.67 bits per heavy atom. The lowest BCUT2D eigenvalue weighted by molar-refractivity contribution is -0.117. The van der Waals surface area contributed by atoms with Crippen LogP contribution in [0, 0.1) is 0 Å². The summed E-state index contributed by atoms with van der Waals surface area (Å²) in [7, 11) is 0. The van der Waals surface area contributed by atoms with Crippen LogP contribution in [0.1, 0.15) is 31.9 Å². The van der Waals surface area contributed by atoms with Crippen LogP contribution in [0.15, 0.2) is 30.5 Å². The first-order chi connectivity index (χ1) is 10.7. The van der Waals surface area contributed by atoms with Crippen molar-refractivity contribution in [1.29, 1.82) is 0 Å². The molecule has 24 heavy (non-hydrogen) atoms. The monoisotopic (exact) mass is 370 g/mol. The number of nitrogens with one attached hydrogen (secondary N) is 1. The molecule has 0 spiro atoms. The van der Waals surface area contributed by atoms with Crippen LogP contribution in [0.4, 0.5) is 5.69 Å². The number of fused-ring (bicyclic) bond motifs is 1. The number of halogens is 2. The number of rotatable bonds is 4. The summed E-state index contributed by atoms with van der Waals surface area (Å²) in [6.07, 6.45) is 6.16. The molecule has 5 nitrogen and oxygen atoms in total. The van der Waals surface area contributed by atoms with Gasteiger partial charge in [-0.1, -0.05) is 6.92 Å². The number of aryl methyl sites for hydroxylation is 1. The smallest absolute Gasteiger partial charge is 0.241 e. The van der Waals surface area contributed by atoms with Gasteiger partial charge in [0.15, 0.2) is 0 Å². The van der Waals surface area contributed by atoms with E-state index in [1.54, 1.807) is 0 Å². The van der Waals surface area contributed by atoms with Gasteiger partial charge in [-0.15, -0.1) is 24.8 Å². The lowest BCUT2D eigenvalue weighted by atomic mass is 10.1. The Morgan fingerprint density at radius 1 is 1.29 bits per heavy atom. The third kappa shape index (κ3) is 4.29. The Balaban J connectivity index is 0.00000144. The zero-order chi connectivity index (χ0) is 15.5. The molecule has 1 aliphatic rings. The van der Waals surface area contributed by atoms with Gasteiger partial charge in [0.05, 0.1) is 6.04 Å². The molecule has 0 radical (unpaired) electrons. The molecule has 0 saturated carbocycles. The Bertz CT molecular complexity index is 670. The summed E-state index contributed by atoms with van der Waals surface area (Å²) in [6, 6.07) is 7.34. The van der Waals surface area contributed by atoms with Crippen molar-refractivity contribution in [3.63, 3.8) is 0 Å². The molecule has 7 heteroatoms. The van der Waals surface area contributed by atoms with E-state index in [9.17, 15) is 4.79 Å². The lowest BCUT2D eigenvalue weighted by Gasteiger charge is -2.16. The largest absolute Gasteiger partial charge is 0.328 e. The molecule has 0 saturated heterocycles. The van der Waals surface area contributed by atoms with Crippen molar-refractivity contribution in [1.82, 2.24) is 9.55 Å². The van der Waals surface area contributed by atoms with Gasteiger partial charge in [-0.05, 0) is 49.9 Å². The Kier molecular flexibility index (Phi) is 7.73. The number of hydrogen-bond acceptors (Lipinski definition) is 3. The summed E-state index contributed by atoms with van der Waals surface area (Å²) in [5.41, 5.74) is 8.88. The van der Waals surface area contributed by atoms with Gasteiger partial charge in [-0.2, -0.15) is 0 Å². The minimum atomic E-state index is -0.459. The van der Waals surface area contributed by atoms with Crippen LogP contribution in [0.3, 0.4) is 0 Å². The number of nitrogens with zero attached hydrogens (tertiary/aromatic N) is 2. The van der Waals surface area contributed by atoms with Gasteiger partial charge in [0.1, 0.15) is 5.82 Å². The van der Waals surface area contributed by atoms with Crippen molar-refractivity contribution >= 4 is 36.4 Å². The minimum absolute atomic E-state index is 0. The van der Waals surface area contributed by atoms with E-state index in [0.717, 1.165) is 30.0 Å². The molecule has 1 aromatic carbocycles. The first kappa shape index (κ1) is 20.5. The van der Waals surface area contributed by atoms with Gasteiger partial charge >= 0.3 is 0 Å². The summed E-state index contributed by atoms with van der Waals surface area (Å²) >= 11 is 0. The van der Waals surface area contributed by atoms with E-state index in [1.807, 2.05) is 37.4 Å². The number of imidazole rings is 1. The molecule has 3 rings (SSSR count). The highest BCUT2D eigenvalue weighted by molar-refractivity contribution is 5.94. The van der Waals surface area contributed by atoms with Crippen molar-refractivity contribution in [2.75, 3.05) is 5.32 Å². The van der Waals surface area contributed by atoms with Gasteiger partial charge in [0.25, 0.3) is 0 Å². The summed E-state index contributed by atoms with van der Waals surface area (Å²) in [5.74, 6) is 0.867. The van der Waals surface area contributed by atoms with Gasteiger partial charge in [0, 0.05) is 29.7 Å². The molecule has 1 aliphatic heterocycles. The Morgan fingerprint density at radius 2 is 2.00 bits per heavy atom. The molecule has 2 heterocycles. The Hall–Kier alpha value is -1.56. The minimum Gasteiger partial charge on any atom is -0.328 e. The highest BCUT2D eigenvalue weighted by atomic mass is 35.5. The van der Waals surface area contributed by atoms with Crippen LogP contribution in [0.2, 0.25) is 0 Å². The topological polar surface area (TPSA) is 72.9 Å². The van der Waals surface area contributed by atoms with Crippen LogP contribution in [-0.2, 0) is 17.8 Å². The SMILES string of the molecule is CC[C@H](N)C(=O)Nc1ccc(-c2ncc3n2CCCC3)cc1.Cl.Cl. The second-order valence-electron chi connectivity index (χ2n) is 5.76. The summed E-state index contributed by atoms with van der Waals surface area (Å²) < 4.78 is 2.30. The predicted molar refractivity (Wildman–Crippen MR) is 102 cm³/mol. The number of hydrogen-bond donors (Lipinski definition) is 2. The highest BCUT2D eigenvalue weighted by Crippen LogP contribution is 2.25. The molecule has 0 unspecified atom stereocenters. The maximum Gasteiger partial charge on any atom is 0.241 e. The number of carbonyl (C=O) groups excluding carboxylic acids is 1. The van der Waals surface area contributed by atoms with Crippen LogP contribution < -0.4 is 11.1 Å². The number of aromatic nitrogens is 2. The van der Waals surface area contributed by atoms with E-state index >= 15 is 0 Å². The van der Waals surface area contributed by atoms with Crippen molar-refractivity contribution in [3.05, 3.63) is 36.2 Å². The number of nitrogens with two attached hydrogens (primary N) is 1. The second kappa shape index (κ2) is 9.06. The first-order valence-corrected chi connectivity index (χ1v) is 7.90.